The second-order valence-electron chi connectivity index (χ2n) is 3.45. The highest BCUT2D eigenvalue weighted by Gasteiger charge is 2.04. The molecule has 0 aliphatic carbocycles. The fourth-order valence-corrected chi connectivity index (χ4v) is 2.62. The number of fused-ring (bicyclic) bond motifs is 1. The van der Waals surface area contributed by atoms with Crippen molar-refractivity contribution in [1.29, 1.82) is 0 Å². The third-order valence-electron chi connectivity index (χ3n) is 2.02. The standard InChI is InChI=1S/C9H12N4O2S2/c1-17(14,15)13-4-3-10-9-8-7(2-5-16-8)11-6-12-9/h2,5-6,13H,3-4H2,1H3,(H,10,11,12). The van der Waals surface area contributed by atoms with Gasteiger partial charge in [-0.3, -0.25) is 0 Å². The summed E-state index contributed by atoms with van der Waals surface area (Å²) in [6, 6.07) is 1.92. The van der Waals surface area contributed by atoms with E-state index in [1.54, 1.807) is 11.3 Å². The summed E-state index contributed by atoms with van der Waals surface area (Å²) >= 11 is 1.55. The van der Waals surface area contributed by atoms with Crippen LogP contribution >= 0.6 is 11.3 Å². The SMILES string of the molecule is CS(=O)(=O)NCCNc1ncnc2ccsc12. The third-order valence-corrected chi connectivity index (χ3v) is 3.66. The molecule has 0 aliphatic heterocycles. The quantitative estimate of drug-likeness (QED) is 0.781. The number of rotatable bonds is 5. The van der Waals surface area contributed by atoms with Gasteiger partial charge in [-0.2, -0.15) is 0 Å². The summed E-state index contributed by atoms with van der Waals surface area (Å²) in [5.41, 5.74) is 0.892. The average Bonchev–Trinajstić information content (AvgIpc) is 2.71. The molecule has 0 atom stereocenters. The van der Waals surface area contributed by atoms with Crippen LogP contribution in [0.25, 0.3) is 10.2 Å². The van der Waals surface area contributed by atoms with Gasteiger partial charge < -0.3 is 5.32 Å². The molecule has 6 nitrogen and oxygen atoms in total. The maximum Gasteiger partial charge on any atom is 0.208 e. The van der Waals surface area contributed by atoms with Crippen molar-refractivity contribution in [1.82, 2.24) is 14.7 Å². The first-order valence-electron chi connectivity index (χ1n) is 4.93. The fraction of sp³-hybridized carbons (Fsp3) is 0.333. The predicted molar refractivity (Wildman–Crippen MR) is 68.8 cm³/mol. The molecule has 0 aromatic carbocycles. The van der Waals surface area contributed by atoms with E-state index in [1.165, 1.54) is 6.33 Å². The van der Waals surface area contributed by atoms with E-state index in [9.17, 15) is 8.42 Å². The van der Waals surface area contributed by atoms with Crippen LogP contribution in [-0.4, -0.2) is 37.7 Å². The molecular formula is C9H12N4O2S2. The number of nitrogens with one attached hydrogen (secondary N) is 2. The van der Waals surface area contributed by atoms with Crippen LogP contribution in [0.15, 0.2) is 17.8 Å². The Kier molecular flexibility index (Phi) is 3.55. The molecule has 0 radical (unpaired) electrons. The molecule has 0 aliphatic rings. The molecule has 2 N–H and O–H groups in total. The summed E-state index contributed by atoms with van der Waals surface area (Å²) in [6.45, 7) is 0.812. The van der Waals surface area contributed by atoms with Crippen LogP contribution in [0.1, 0.15) is 0 Å². The van der Waals surface area contributed by atoms with Gasteiger partial charge in [-0.1, -0.05) is 0 Å². The zero-order chi connectivity index (χ0) is 12.3. The van der Waals surface area contributed by atoms with E-state index in [4.69, 9.17) is 0 Å². The highest BCUT2D eigenvalue weighted by molar-refractivity contribution is 7.88. The van der Waals surface area contributed by atoms with Gasteiger partial charge in [0, 0.05) is 13.1 Å². The molecule has 2 aromatic rings. The molecule has 17 heavy (non-hydrogen) atoms. The molecule has 2 rings (SSSR count). The van der Waals surface area contributed by atoms with Gasteiger partial charge in [-0.05, 0) is 11.4 Å². The molecule has 0 unspecified atom stereocenters. The molecular weight excluding hydrogens is 260 g/mol. The van der Waals surface area contributed by atoms with E-state index >= 15 is 0 Å². The molecule has 92 valence electrons. The van der Waals surface area contributed by atoms with E-state index < -0.39 is 10.0 Å². The third kappa shape index (κ3) is 3.35. The van der Waals surface area contributed by atoms with Crippen molar-refractivity contribution in [2.45, 2.75) is 0 Å². The van der Waals surface area contributed by atoms with E-state index in [0.717, 1.165) is 22.3 Å². The molecule has 2 aromatic heterocycles. The van der Waals surface area contributed by atoms with Gasteiger partial charge in [0.25, 0.3) is 0 Å². The first-order valence-corrected chi connectivity index (χ1v) is 7.70. The van der Waals surface area contributed by atoms with Crippen LogP contribution in [-0.2, 0) is 10.0 Å². The average molecular weight is 272 g/mol. The van der Waals surface area contributed by atoms with E-state index in [2.05, 4.69) is 20.0 Å². The first kappa shape index (κ1) is 12.2. The normalized spacial score (nSPS) is 11.8. The number of hydrogen-bond acceptors (Lipinski definition) is 6. The van der Waals surface area contributed by atoms with E-state index in [-0.39, 0.29) is 0 Å². The topological polar surface area (TPSA) is 84.0 Å². The van der Waals surface area contributed by atoms with Crippen LogP contribution in [0.4, 0.5) is 5.82 Å². The molecule has 0 saturated heterocycles. The molecule has 8 heteroatoms. The molecule has 2 heterocycles. The predicted octanol–water partition coefficient (Wildman–Crippen LogP) is 0.652. The molecule has 0 fully saturated rings. The van der Waals surface area contributed by atoms with Crippen molar-refractivity contribution < 1.29 is 8.42 Å². The van der Waals surface area contributed by atoms with Crippen molar-refractivity contribution in [3.05, 3.63) is 17.8 Å². The van der Waals surface area contributed by atoms with E-state index in [1.807, 2.05) is 11.4 Å². The van der Waals surface area contributed by atoms with Crippen molar-refractivity contribution in [3.8, 4) is 0 Å². The Morgan fingerprint density at radius 3 is 2.94 bits per heavy atom. The van der Waals surface area contributed by atoms with Gasteiger partial charge in [-0.15, -0.1) is 11.3 Å². The molecule has 0 saturated carbocycles. The van der Waals surface area contributed by atoms with Crippen LogP contribution < -0.4 is 10.0 Å². The lowest BCUT2D eigenvalue weighted by molar-refractivity contribution is 0.589. The van der Waals surface area contributed by atoms with Crippen molar-refractivity contribution in [2.24, 2.45) is 0 Å². The minimum Gasteiger partial charge on any atom is -0.367 e. The monoisotopic (exact) mass is 272 g/mol. The Hall–Kier alpha value is -1.25. The highest BCUT2D eigenvalue weighted by Crippen LogP contribution is 2.24. The van der Waals surface area contributed by atoms with Crippen molar-refractivity contribution in [3.63, 3.8) is 0 Å². The van der Waals surface area contributed by atoms with E-state index in [0.29, 0.717) is 13.1 Å². The largest absolute Gasteiger partial charge is 0.367 e. The Morgan fingerprint density at radius 1 is 1.35 bits per heavy atom. The molecule has 0 spiro atoms. The summed E-state index contributed by atoms with van der Waals surface area (Å²) in [6.07, 6.45) is 2.62. The van der Waals surface area contributed by atoms with Crippen LogP contribution in [0, 0.1) is 0 Å². The minimum absolute atomic E-state index is 0.329. The Bertz CT molecular complexity index is 608. The number of sulfonamides is 1. The smallest absolute Gasteiger partial charge is 0.208 e. The van der Waals surface area contributed by atoms with Crippen LogP contribution in [0.5, 0.6) is 0 Å². The lowest BCUT2D eigenvalue weighted by Crippen LogP contribution is -2.27. The zero-order valence-electron chi connectivity index (χ0n) is 9.17. The summed E-state index contributed by atoms with van der Waals surface area (Å²) in [7, 11) is -3.13. The maximum absolute atomic E-state index is 10.9. The molecule has 0 amide bonds. The van der Waals surface area contributed by atoms with Gasteiger partial charge in [0.1, 0.15) is 12.1 Å². The number of nitrogens with zero attached hydrogens (tertiary/aromatic N) is 2. The molecule has 0 bridgehead atoms. The minimum atomic E-state index is -3.13. The fourth-order valence-electron chi connectivity index (χ4n) is 1.33. The van der Waals surface area contributed by atoms with Gasteiger partial charge >= 0.3 is 0 Å². The number of hydrogen-bond donors (Lipinski definition) is 2. The lowest BCUT2D eigenvalue weighted by atomic mass is 10.4. The van der Waals surface area contributed by atoms with Crippen molar-refractivity contribution >= 4 is 37.4 Å². The first-order chi connectivity index (χ1) is 8.06. The van der Waals surface area contributed by atoms with Crippen molar-refractivity contribution in [2.75, 3.05) is 24.7 Å². The number of thiophene rings is 1. The summed E-state index contributed by atoms with van der Waals surface area (Å²) in [5.74, 6) is 0.736. The second kappa shape index (κ2) is 4.94. The Balaban J connectivity index is 1.97. The lowest BCUT2D eigenvalue weighted by Gasteiger charge is -2.06. The van der Waals surface area contributed by atoms with Gasteiger partial charge in [0.2, 0.25) is 10.0 Å². The maximum atomic E-state index is 10.9. The summed E-state index contributed by atoms with van der Waals surface area (Å²) < 4.78 is 25.1. The Morgan fingerprint density at radius 2 is 2.18 bits per heavy atom. The van der Waals surface area contributed by atoms with Gasteiger partial charge in [0.15, 0.2) is 0 Å². The van der Waals surface area contributed by atoms with Crippen LogP contribution in [0.3, 0.4) is 0 Å². The van der Waals surface area contributed by atoms with Crippen LogP contribution in [0.2, 0.25) is 0 Å². The number of aromatic nitrogens is 2. The zero-order valence-corrected chi connectivity index (χ0v) is 10.8. The van der Waals surface area contributed by atoms with Gasteiger partial charge in [-0.25, -0.2) is 23.1 Å². The summed E-state index contributed by atoms with van der Waals surface area (Å²) in [4.78, 5) is 8.24. The second-order valence-corrected chi connectivity index (χ2v) is 6.20. The highest BCUT2D eigenvalue weighted by atomic mass is 32.2. The Labute approximate surface area is 103 Å². The number of anilines is 1. The van der Waals surface area contributed by atoms with Gasteiger partial charge in [0.05, 0.1) is 16.5 Å². The summed E-state index contributed by atoms with van der Waals surface area (Å²) in [5, 5.41) is 5.02.